The lowest BCUT2D eigenvalue weighted by Gasteiger charge is -2.30. The van der Waals surface area contributed by atoms with Gasteiger partial charge in [-0.25, -0.2) is 5.01 Å². The van der Waals surface area contributed by atoms with Crippen molar-refractivity contribution < 1.29 is 28.5 Å². The Hall–Kier alpha value is -3.39. The van der Waals surface area contributed by atoms with Gasteiger partial charge in [-0.15, -0.1) is 11.6 Å². The van der Waals surface area contributed by atoms with E-state index in [4.69, 9.17) is 40.4 Å². The van der Waals surface area contributed by atoms with Gasteiger partial charge in [0.25, 0.3) is 5.91 Å². The first-order valence-electron chi connectivity index (χ1n) is 11.1. The summed E-state index contributed by atoms with van der Waals surface area (Å²) in [5.41, 5.74) is 2.60. The van der Waals surface area contributed by atoms with Gasteiger partial charge < -0.3 is 23.7 Å². The highest BCUT2D eigenvalue weighted by Gasteiger charge is 2.36. The van der Waals surface area contributed by atoms with Crippen LogP contribution in [0.5, 0.6) is 28.7 Å². The molecule has 0 spiro atoms. The van der Waals surface area contributed by atoms with Crippen molar-refractivity contribution in [3.63, 3.8) is 0 Å². The minimum Gasteiger partial charge on any atom is -0.496 e. The fourth-order valence-corrected chi connectivity index (χ4v) is 4.48. The zero-order valence-corrected chi connectivity index (χ0v) is 21.4. The molecule has 8 nitrogen and oxygen atoms in total. The van der Waals surface area contributed by atoms with Crippen LogP contribution in [0.3, 0.4) is 0 Å². The van der Waals surface area contributed by atoms with Crippen molar-refractivity contribution in [2.75, 3.05) is 34.3 Å². The fourth-order valence-electron chi connectivity index (χ4n) is 4.35. The molecule has 0 aliphatic carbocycles. The maximum atomic E-state index is 12.8. The Morgan fingerprint density at radius 2 is 1.74 bits per heavy atom. The highest BCUT2D eigenvalue weighted by molar-refractivity contribution is 6.27. The van der Waals surface area contributed by atoms with Gasteiger partial charge in [-0.2, -0.15) is 5.10 Å². The molecule has 2 aliphatic heterocycles. The van der Waals surface area contributed by atoms with E-state index in [0.29, 0.717) is 40.9 Å². The number of rotatable bonds is 7. The van der Waals surface area contributed by atoms with E-state index in [9.17, 15) is 4.79 Å². The first-order valence-corrected chi connectivity index (χ1v) is 11.6. The Morgan fingerprint density at radius 3 is 2.31 bits per heavy atom. The number of carbonyl (C=O) groups excluding carboxylic acids is 1. The molecule has 0 saturated carbocycles. The third-order valence-corrected chi connectivity index (χ3v) is 6.28. The maximum absolute atomic E-state index is 12.8. The number of halogens is 1. The SMILES string of the molecule is COc1ccc(C2=NN(C(=O)CCl)C(c3cc(OC)c(OC)c(OC)c3)C2)c2c1C=CC(C)(C)O2. The average molecular weight is 501 g/mol. The molecule has 0 N–H and O–H groups in total. The molecule has 4 rings (SSSR count). The summed E-state index contributed by atoms with van der Waals surface area (Å²) in [7, 11) is 6.27. The fraction of sp³-hybridized carbons (Fsp3) is 0.385. The molecule has 0 bridgehead atoms. The smallest absolute Gasteiger partial charge is 0.258 e. The summed E-state index contributed by atoms with van der Waals surface area (Å²) in [6.07, 6.45) is 4.42. The van der Waals surface area contributed by atoms with E-state index in [0.717, 1.165) is 16.7 Å². The molecule has 1 atom stereocenters. The predicted molar refractivity (Wildman–Crippen MR) is 134 cm³/mol. The Morgan fingerprint density at radius 1 is 1.09 bits per heavy atom. The first-order chi connectivity index (χ1) is 16.8. The second-order valence-electron chi connectivity index (χ2n) is 8.69. The van der Waals surface area contributed by atoms with Crippen LogP contribution in [0.25, 0.3) is 6.08 Å². The van der Waals surface area contributed by atoms with Crippen molar-refractivity contribution in [2.24, 2.45) is 5.10 Å². The molecule has 0 saturated heterocycles. The number of alkyl halides is 1. The van der Waals surface area contributed by atoms with Gasteiger partial charge in [-0.1, -0.05) is 0 Å². The van der Waals surface area contributed by atoms with Gasteiger partial charge in [0.05, 0.1) is 45.8 Å². The van der Waals surface area contributed by atoms with Gasteiger partial charge in [0.1, 0.15) is 23.0 Å². The van der Waals surface area contributed by atoms with E-state index in [1.54, 1.807) is 28.4 Å². The molecule has 35 heavy (non-hydrogen) atoms. The van der Waals surface area contributed by atoms with Crippen LogP contribution in [0.1, 0.15) is 43.0 Å². The number of hydrogen-bond donors (Lipinski definition) is 0. The van der Waals surface area contributed by atoms with Crippen LogP contribution < -0.4 is 23.7 Å². The van der Waals surface area contributed by atoms with Gasteiger partial charge in [-0.05, 0) is 55.8 Å². The number of amides is 1. The summed E-state index contributed by atoms with van der Waals surface area (Å²) in [6.45, 7) is 3.96. The first kappa shape index (κ1) is 24.7. The van der Waals surface area contributed by atoms with Crippen molar-refractivity contribution in [1.29, 1.82) is 0 Å². The molecule has 186 valence electrons. The van der Waals surface area contributed by atoms with Crippen LogP contribution in [-0.2, 0) is 4.79 Å². The lowest BCUT2D eigenvalue weighted by molar-refractivity contribution is -0.130. The van der Waals surface area contributed by atoms with Crippen molar-refractivity contribution in [2.45, 2.75) is 31.9 Å². The van der Waals surface area contributed by atoms with Gasteiger partial charge in [0.2, 0.25) is 5.75 Å². The van der Waals surface area contributed by atoms with E-state index in [-0.39, 0.29) is 11.8 Å². The van der Waals surface area contributed by atoms with Crippen LogP contribution >= 0.6 is 11.6 Å². The molecule has 1 unspecified atom stereocenters. The second kappa shape index (κ2) is 9.70. The molecule has 2 aromatic rings. The zero-order chi connectivity index (χ0) is 25.3. The van der Waals surface area contributed by atoms with Crippen LogP contribution in [0.2, 0.25) is 0 Å². The molecule has 0 fully saturated rings. The highest BCUT2D eigenvalue weighted by atomic mass is 35.5. The Balaban J connectivity index is 1.81. The minimum absolute atomic E-state index is 0.204. The number of fused-ring (bicyclic) bond motifs is 1. The largest absolute Gasteiger partial charge is 0.496 e. The third kappa shape index (κ3) is 4.50. The summed E-state index contributed by atoms with van der Waals surface area (Å²) in [5.74, 6) is 2.30. The van der Waals surface area contributed by atoms with Crippen LogP contribution in [0.15, 0.2) is 35.4 Å². The number of nitrogens with zero attached hydrogens (tertiary/aromatic N) is 2. The minimum atomic E-state index is -0.505. The summed E-state index contributed by atoms with van der Waals surface area (Å²) < 4.78 is 28.4. The maximum Gasteiger partial charge on any atom is 0.258 e. The monoisotopic (exact) mass is 500 g/mol. The summed E-state index contributed by atoms with van der Waals surface area (Å²) in [6, 6.07) is 7.01. The van der Waals surface area contributed by atoms with Gasteiger partial charge in [0, 0.05) is 12.0 Å². The Bertz CT molecular complexity index is 1180. The molecular formula is C26H29ClN2O6. The van der Waals surface area contributed by atoms with Crippen LogP contribution in [-0.4, -0.2) is 56.5 Å². The number of carbonyl (C=O) groups is 1. The van der Waals surface area contributed by atoms with E-state index in [1.165, 1.54) is 5.01 Å². The molecule has 0 radical (unpaired) electrons. The summed E-state index contributed by atoms with van der Waals surface area (Å²) in [4.78, 5) is 12.8. The number of hydrogen-bond acceptors (Lipinski definition) is 7. The predicted octanol–water partition coefficient (Wildman–Crippen LogP) is 4.82. The number of methoxy groups -OCH3 is 4. The molecule has 2 heterocycles. The topological polar surface area (TPSA) is 78.8 Å². The Kier molecular flexibility index (Phi) is 6.85. The lowest BCUT2D eigenvalue weighted by atomic mass is 9.93. The quantitative estimate of drug-likeness (QED) is 0.507. The lowest BCUT2D eigenvalue weighted by Crippen LogP contribution is -2.28. The van der Waals surface area contributed by atoms with Crippen LogP contribution in [0, 0.1) is 0 Å². The standard InChI is InChI=1S/C26H29ClN2O6/c1-26(2)10-9-17-20(31-3)8-7-16(24(17)35-26)18-13-19(29(28-18)23(30)14-27)15-11-21(32-4)25(34-6)22(12-15)33-5/h7-12,19H,13-14H2,1-6H3. The molecular weight excluding hydrogens is 472 g/mol. The molecule has 9 heteroatoms. The molecule has 2 aliphatic rings. The van der Waals surface area contributed by atoms with E-state index < -0.39 is 11.6 Å². The average Bonchev–Trinajstić information content (AvgIpc) is 3.31. The van der Waals surface area contributed by atoms with Gasteiger partial charge in [0.15, 0.2) is 11.5 Å². The van der Waals surface area contributed by atoms with Crippen LogP contribution in [0.4, 0.5) is 0 Å². The van der Waals surface area contributed by atoms with E-state index in [1.807, 2.05) is 50.3 Å². The van der Waals surface area contributed by atoms with E-state index in [2.05, 4.69) is 0 Å². The van der Waals surface area contributed by atoms with Gasteiger partial charge in [-0.3, -0.25) is 4.79 Å². The number of benzene rings is 2. The Labute approximate surface area is 210 Å². The molecule has 0 aromatic heterocycles. The molecule has 2 aromatic carbocycles. The normalized spacial score (nSPS) is 17.9. The third-order valence-electron chi connectivity index (χ3n) is 6.06. The number of hydrazone groups is 1. The number of ether oxygens (including phenoxy) is 5. The van der Waals surface area contributed by atoms with Crippen molar-refractivity contribution >= 4 is 29.3 Å². The summed E-state index contributed by atoms with van der Waals surface area (Å²) >= 11 is 5.96. The van der Waals surface area contributed by atoms with Gasteiger partial charge >= 0.3 is 0 Å². The van der Waals surface area contributed by atoms with E-state index >= 15 is 0 Å². The zero-order valence-electron chi connectivity index (χ0n) is 20.7. The highest BCUT2D eigenvalue weighted by Crippen LogP contribution is 2.45. The van der Waals surface area contributed by atoms with Crippen molar-refractivity contribution in [3.8, 4) is 28.7 Å². The molecule has 1 amide bonds. The summed E-state index contributed by atoms with van der Waals surface area (Å²) in [5, 5.41) is 6.13. The van der Waals surface area contributed by atoms with Crippen molar-refractivity contribution in [1.82, 2.24) is 5.01 Å². The van der Waals surface area contributed by atoms with Crippen molar-refractivity contribution in [3.05, 3.63) is 47.0 Å². The second-order valence-corrected chi connectivity index (χ2v) is 8.96.